The number of rotatable bonds is 4. The molecule has 2 heteroatoms. The Bertz CT molecular complexity index is 63.9. The highest BCUT2D eigenvalue weighted by atomic mass is 15.2. The van der Waals surface area contributed by atoms with Gasteiger partial charge in [0.25, 0.3) is 0 Å². The van der Waals surface area contributed by atoms with Crippen molar-refractivity contribution >= 4 is 0 Å². The largest absolute Gasteiger partial charge is 0.316 e. The molecule has 0 aliphatic heterocycles. The van der Waals surface area contributed by atoms with Gasteiger partial charge in [-0.25, -0.2) is 0 Å². The standard InChI is InChI=1S/C7H18N2/c1-4-6-9(3)7(8)5-2/h7H,4-6,8H2,1-3H3. The predicted molar refractivity (Wildman–Crippen MR) is 41.2 cm³/mol. The van der Waals surface area contributed by atoms with Crippen molar-refractivity contribution in [3.8, 4) is 0 Å². The van der Waals surface area contributed by atoms with Gasteiger partial charge in [-0.3, -0.25) is 4.90 Å². The van der Waals surface area contributed by atoms with Crippen LogP contribution in [0.5, 0.6) is 0 Å². The van der Waals surface area contributed by atoms with Gasteiger partial charge >= 0.3 is 0 Å². The molecule has 0 aromatic carbocycles. The normalized spacial score (nSPS) is 14.3. The van der Waals surface area contributed by atoms with Gasteiger partial charge < -0.3 is 5.73 Å². The monoisotopic (exact) mass is 130 g/mol. The molecule has 0 radical (unpaired) electrons. The second-order valence-electron chi connectivity index (χ2n) is 2.46. The zero-order chi connectivity index (χ0) is 7.28. The Labute approximate surface area is 58.0 Å². The van der Waals surface area contributed by atoms with Crippen molar-refractivity contribution in [2.24, 2.45) is 5.73 Å². The second-order valence-corrected chi connectivity index (χ2v) is 2.46. The minimum Gasteiger partial charge on any atom is -0.316 e. The van der Waals surface area contributed by atoms with E-state index in [0.29, 0.717) is 0 Å². The first kappa shape index (κ1) is 8.92. The molecule has 0 spiro atoms. The van der Waals surface area contributed by atoms with Crippen LogP contribution in [0.25, 0.3) is 0 Å². The molecule has 0 heterocycles. The number of nitrogens with zero attached hydrogens (tertiary/aromatic N) is 1. The van der Waals surface area contributed by atoms with Crippen LogP contribution >= 0.6 is 0 Å². The Morgan fingerprint density at radius 3 is 2.33 bits per heavy atom. The average molecular weight is 130 g/mol. The SMILES string of the molecule is CCCN(C)C(N)CC. The van der Waals surface area contributed by atoms with Crippen molar-refractivity contribution in [1.82, 2.24) is 4.90 Å². The maximum Gasteiger partial charge on any atom is 0.0566 e. The minimum absolute atomic E-state index is 0.255. The Morgan fingerprint density at radius 1 is 1.44 bits per heavy atom. The van der Waals surface area contributed by atoms with Gasteiger partial charge in [0, 0.05) is 0 Å². The smallest absolute Gasteiger partial charge is 0.0566 e. The first-order chi connectivity index (χ1) is 4.22. The summed E-state index contributed by atoms with van der Waals surface area (Å²) in [5.74, 6) is 0. The number of hydrogen-bond acceptors (Lipinski definition) is 2. The van der Waals surface area contributed by atoms with Crippen LogP contribution in [0.15, 0.2) is 0 Å². The van der Waals surface area contributed by atoms with Crippen molar-refractivity contribution in [1.29, 1.82) is 0 Å². The summed E-state index contributed by atoms with van der Waals surface area (Å²) in [5.41, 5.74) is 5.73. The fraction of sp³-hybridized carbons (Fsp3) is 1.00. The van der Waals surface area contributed by atoms with E-state index in [-0.39, 0.29) is 6.17 Å². The summed E-state index contributed by atoms with van der Waals surface area (Å²) in [6.45, 7) is 5.38. The molecule has 1 unspecified atom stereocenters. The molecule has 0 aromatic heterocycles. The molecule has 0 saturated heterocycles. The lowest BCUT2D eigenvalue weighted by Crippen LogP contribution is -2.38. The fourth-order valence-corrected chi connectivity index (χ4v) is 0.830. The summed E-state index contributed by atoms with van der Waals surface area (Å²) >= 11 is 0. The summed E-state index contributed by atoms with van der Waals surface area (Å²) in [6.07, 6.45) is 2.48. The molecular weight excluding hydrogens is 112 g/mol. The topological polar surface area (TPSA) is 29.3 Å². The van der Waals surface area contributed by atoms with E-state index < -0.39 is 0 Å². The van der Waals surface area contributed by atoms with Gasteiger partial charge in [-0.1, -0.05) is 13.8 Å². The van der Waals surface area contributed by atoms with Gasteiger partial charge in [-0.2, -0.15) is 0 Å². The summed E-state index contributed by atoms with van der Waals surface area (Å²) in [4.78, 5) is 2.18. The van der Waals surface area contributed by atoms with E-state index in [1.165, 1.54) is 6.42 Å². The predicted octanol–water partition coefficient (Wildman–Crippen LogP) is 1.02. The van der Waals surface area contributed by atoms with Gasteiger partial charge in [0.2, 0.25) is 0 Å². The number of hydrogen-bond donors (Lipinski definition) is 1. The van der Waals surface area contributed by atoms with Crippen LogP contribution in [0.3, 0.4) is 0 Å². The van der Waals surface area contributed by atoms with E-state index in [1.54, 1.807) is 0 Å². The van der Waals surface area contributed by atoms with Crippen molar-refractivity contribution in [3.63, 3.8) is 0 Å². The molecule has 0 aliphatic rings. The van der Waals surface area contributed by atoms with Crippen LogP contribution in [0.2, 0.25) is 0 Å². The van der Waals surface area contributed by atoms with Gasteiger partial charge in [-0.05, 0) is 26.4 Å². The molecule has 0 rings (SSSR count). The highest BCUT2D eigenvalue weighted by Gasteiger charge is 2.03. The Morgan fingerprint density at radius 2 is 2.00 bits per heavy atom. The summed E-state index contributed by atoms with van der Waals surface area (Å²) in [5, 5.41) is 0. The second kappa shape index (κ2) is 4.77. The molecule has 0 aromatic rings. The maximum atomic E-state index is 5.73. The number of nitrogens with two attached hydrogens (primary N) is 1. The van der Waals surface area contributed by atoms with Crippen LogP contribution in [0.1, 0.15) is 26.7 Å². The Balaban J connectivity index is 3.32. The summed E-state index contributed by atoms with van der Waals surface area (Å²) in [6, 6.07) is 0. The van der Waals surface area contributed by atoms with Gasteiger partial charge in [0.15, 0.2) is 0 Å². The van der Waals surface area contributed by atoms with Crippen LogP contribution in [-0.4, -0.2) is 24.7 Å². The first-order valence-electron chi connectivity index (χ1n) is 3.68. The third-order valence-electron chi connectivity index (χ3n) is 1.56. The van der Waals surface area contributed by atoms with Gasteiger partial charge in [0.1, 0.15) is 0 Å². The lowest BCUT2D eigenvalue weighted by Gasteiger charge is -2.21. The Hall–Kier alpha value is -0.0800. The van der Waals surface area contributed by atoms with E-state index >= 15 is 0 Å². The molecular formula is C7H18N2. The van der Waals surface area contributed by atoms with Crippen LogP contribution in [0, 0.1) is 0 Å². The quantitative estimate of drug-likeness (QED) is 0.576. The van der Waals surface area contributed by atoms with Crippen molar-refractivity contribution in [2.75, 3.05) is 13.6 Å². The molecule has 0 amide bonds. The first-order valence-corrected chi connectivity index (χ1v) is 3.68. The van der Waals surface area contributed by atoms with Crippen LogP contribution in [0.4, 0.5) is 0 Å². The van der Waals surface area contributed by atoms with E-state index in [1.807, 2.05) is 0 Å². The maximum absolute atomic E-state index is 5.73. The summed E-state index contributed by atoms with van der Waals surface area (Å²) < 4.78 is 0. The molecule has 0 fully saturated rings. The summed E-state index contributed by atoms with van der Waals surface area (Å²) in [7, 11) is 2.07. The fourth-order valence-electron chi connectivity index (χ4n) is 0.830. The van der Waals surface area contributed by atoms with Gasteiger partial charge in [0.05, 0.1) is 6.17 Å². The van der Waals surface area contributed by atoms with Crippen molar-refractivity contribution < 1.29 is 0 Å². The van der Waals surface area contributed by atoms with Crippen molar-refractivity contribution in [3.05, 3.63) is 0 Å². The molecule has 0 bridgehead atoms. The lowest BCUT2D eigenvalue weighted by molar-refractivity contribution is 0.241. The molecule has 0 aliphatic carbocycles. The van der Waals surface area contributed by atoms with Gasteiger partial charge in [-0.15, -0.1) is 0 Å². The zero-order valence-electron chi connectivity index (χ0n) is 6.72. The lowest BCUT2D eigenvalue weighted by atomic mass is 10.3. The van der Waals surface area contributed by atoms with E-state index in [2.05, 4.69) is 25.8 Å². The Kier molecular flexibility index (Phi) is 4.72. The molecule has 9 heavy (non-hydrogen) atoms. The van der Waals surface area contributed by atoms with E-state index in [0.717, 1.165) is 13.0 Å². The average Bonchev–Trinajstić information content (AvgIpc) is 1.87. The molecule has 1 atom stereocenters. The third-order valence-corrected chi connectivity index (χ3v) is 1.56. The van der Waals surface area contributed by atoms with Crippen LogP contribution in [-0.2, 0) is 0 Å². The molecule has 56 valence electrons. The van der Waals surface area contributed by atoms with E-state index in [4.69, 9.17) is 5.73 Å². The third kappa shape index (κ3) is 3.49. The minimum atomic E-state index is 0.255. The molecule has 0 saturated carbocycles. The van der Waals surface area contributed by atoms with E-state index in [9.17, 15) is 0 Å². The highest BCUT2D eigenvalue weighted by Crippen LogP contribution is 1.93. The molecule has 2 N–H and O–H groups in total. The van der Waals surface area contributed by atoms with Crippen LogP contribution < -0.4 is 5.73 Å². The molecule has 2 nitrogen and oxygen atoms in total. The zero-order valence-corrected chi connectivity index (χ0v) is 6.72. The van der Waals surface area contributed by atoms with Crippen molar-refractivity contribution in [2.45, 2.75) is 32.9 Å². The highest BCUT2D eigenvalue weighted by molar-refractivity contribution is 4.57.